The Morgan fingerprint density at radius 1 is 1.03 bits per heavy atom. The predicted molar refractivity (Wildman–Crippen MR) is 139 cm³/mol. The van der Waals surface area contributed by atoms with Crippen molar-refractivity contribution in [2.75, 3.05) is 48.7 Å². The molecule has 0 saturated carbocycles. The fourth-order valence-electron chi connectivity index (χ4n) is 4.20. The van der Waals surface area contributed by atoms with Crippen LogP contribution in [0.3, 0.4) is 0 Å². The van der Waals surface area contributed by atoms with Crippen molar-refractivity contribution in [2.24, 2.45) is 0 Å². The molecule has 0 bridgehead atoms. The number of aryl methyl sites for hydroxylation is 1. The minimum Gasteiger partial charge on any atom is -0.495 e. The summed E-state index contributed by atoms with van der Waals surface area (Å²) in [5.74, 6) is 0.540. The molecule has 0 amide bonds. The molecule has 34 heavy (non-hydrogen) atoms. The van der Waals surface area contributed by atoms with Crippen molar-refractivity contribution >= 4 is 21.4 Å². The van der Waals surface area contributed by atoms with Crippen LogP contribution in [0.2, 0.25) is 0 Å². The number of nitrogens with zero attached hydrogens (tertiary/aromatic N) is 2. The van der Waals surface area contributed by atoms with E-state index >= 15 is 0 Å². The summed E-state index contributed by atoms with van der Waals surface area (Å²) >= 11 is 0. The van der Waals surface area contributed by atoms with E-state index in [1.54, 1.807) is 6.07 Å². The average molecular weight is 481 g/mol. The zero-order valence-electron chi connectivity index (χ0n) is 20.0. The number of hydrogen-bond acceptors (Lipinski definition) is 6. The van der Waals surface area contributed by atoms with Crippen molar-refractivity contribution < 1.29 is 13.2 Å². The van der Waals surface area contributed by atoms with Crippen LogP contribution in [-0.4, -0.2) is 52.4 Å². The lowest BCUT2D eigenvalue weighted by Gasteiger charge is -2.29. The summed E-state index contributed by atoms with van der Waals surface area (Å²) in [6.45, 7) is 7.85. The Balaban J connectivity index is 1.62. The van der Waals surface area contributed by atoms with E-state index in [1.165, 1.54) is 12.8 Å². The number of rotatable bonds is 8. The Morgan fingerprint density at radius 3 is 2.41 bits per heavy atom. The molecular weight excluding hydrogens is 448 g/mol. The van der Waals surface area contributed by atoms with Gasteiger partial charge in [-0.15, -0.1) is 0 Å². The van der Waals surface area contributed by atoms with Crippen molar-refractivity contribution in [2.45, 2.75) is 20.3 Å². The molecule has 1 aliphatic rings. The predicted octanol–water partition coefficient (Wildman–Crippen LogP) is 4.29. The van der Waals surface area contributed by atoms with Crippen molar-refractivity contribution in [3.63, 3.8) is 0 Å². The van der Waals surface area contributed by atoms with Gasteiger partial charge < -0.3 is 15.0 Å². The molecule has 0 spiro atoms. The van der Waals surface area contributed by atoms with Gasteiger partial charge in [0, 0.05) is 54.9 Å². The summed E-state index contributed by atoms with van der Waals surface area (Å²) in [6, 6.07) is 16.2. The van der Waals surface area contributed by atoms with Gasteiger partial charge in [-0.3, -0.25) is 9.71 Å². The summed E-state index contributed by atoms with van der Waals surface area (Å²) < 4.78 is 32.6. The zero-order valence-corrected chi connectivity index (χ0v) is 20.8. The summed E-state index contributed by atoms with van der Waals surface area (Å²) in [6.07, 6.45) is 2.44. The highest BCUT2D eigenvalue weighted by Gasteiger charge is 2.15. The van der Waals surface area contributed by atoms with E-state index in [0.717, 1.165) is 54.1 Å². The number of pyridine rings is 1. The largest absolute Gasteiger partial charge is 0.495 e. The van der Waals surface area contributed by atoms with Gasteiger partial charge in [0.1, 0.15) is 5.75 Å². The van der Waals surface area contributed by atoms with E-state index in [-0.39, 0.29) is 5.75 Å². The lowest BCUT2D eigenvalue weighted by Crippen LogP contribution is -2.43. The van der Waals surface area contributed by atoms with Gasteiger partial charge >= 0.3 is 0 Å². The number of anilines is 2. The number of ether oxygens (including phenoxy) is 1. The molecule has 0 atom stereocenters. The number of benzene rings is 2. The second kappa shape index (κ2) is 10.4. The van der Waals surface area contributed by atoms with Gasteiger partial charge in [0.05, 0.1) is 18.6 Å². The lowest BCUT2D eigenvalue weighted by atomic mass is 9.98. The maximum Gasteiger partial charge on any atom is 0.232 e. The monoisotopic (exact) mass is 480 g/mol. The third-order valence-corrected chi connectivity index (χ3v) is 7.50. The first kappa shape index (κ1) is 24.0. The molecule has 0 aliphatic carbocycles. The molecule has 3 aromatic rings. The second-order valence-corrected chi connectivity index (χ2v) is 10.3. The maximum absolute atomic E-state index is 12.2. The Bertz CT molecular complexity index is 1240. The topological polar surface area (TPSA) is 83.6 Å². The molecule has 2 N–H and O–H groups in total. The number of methoxy groups -OCH3 is 1. The molecule has 180 valence electrons. The Morgan fingerprint density at radius 2 is 1.74 bits per heavy atom. The zero-order chi connectivity index (χ0) is 24.1. The quantitative estimate of drug-likeness (QED) is 0.500. The molecule has 0 unspecified atom stereocenters. The van der Waals surface area contributed by atoms with E-state index in [9.17, 15) is 8.42 Å². The smallest absolute Gasteiger partial charge is 0.232 e. The molecule has 1 aromatic heterocycles. The van der Waals surface area contributed by atoms with Gasteiger partial charge in [-0.1, -0.05) is 25.1 Å². The molecule has 0 radical (unpaired) electrons. The van der Waals surface area contributed by atoms with Crippen LogP contribution in [-0.2, 0) is 10.0 Å². The Hall–Kier alpha value is -3.10. The summed E-state index contributed by atoms with van der Waals surface area (Å²) in [5, 5.41) is 3.38. The number of aromatic nitrogens is 1. The minimum absolute atomic E-state index is 0.0659. The van der Waals surface area contributed by atoms with E-state index < -0.39 is 10.0 Å². The van der Waals surface area contributed by atoms with Crippen LogP contribution >= 0.6 is 0 Å². The highest BCUT2D eigenvalue weighted by molar-refractivity contribution is 7.92. The first-order chi connectivity index (χ1) is 16.4. The summed E-state index contributed by atoms with van der Waals surface area (Å²) in [4.78, 5) is 7.03. The van der Waals surface area contributed by atoms with Crippen LogP contribution in [0.25, 0.3) is 22.3 Å². The third-order valence-electron chi connectivity index (χ3n) is 6.02. The van der Waals surface area contributed by atoms with Crippen LogP contribution < -0.4 is 19.7 Å². The van der Waals surface area contributed by atoms with Crippen molar-refractivity contribution in [3.8, 4) is 28.0 Å². The van der Waals surface area contributed by atoms with Gasteiger partial charge in [-0.25, -0.2) is 8.42 Å². The van der Waals surface area contributed by atoms with E-state index in [2.05, 4.69) is 50.3 Å². The number of sulfonamides is 1. The van der Waals surface area contributed by atoms with Gasteiger partial charge in [0.2, 0.25) is 10.0 Å². The van der Waals surface area contributed by atoms with Crippen molar-refractivity contribution in [1.82, 2.24) is 10.3 Å². The maximum atomic E-state index is 12.2. The lowest BCUT2D eigenvalue weighted by molar-refractivity contribution is 0.417. The first-order valence-corrected chi connectivity index (χ1v) is 13.3. The van der Waals surface area contributed by atoms with Crippen LogP contribution in [0, 0.1) is 6.92 Å². The number of nitrogens with one attached hydrogen (secondary N) is 2. The normalized spacial score (nSPS) is 14.1. The molecule has 1 fully saturated rings. The summed E-state index contributed by atoms with van der Waals surface area (Å²) in [7, 11) is -1.87. The molecule has 1 saturated heterocycles. The number of piperazine rings is 1. The van der Waals surface area contributed by atoms with Gasteiger partial charge in [-0.2, -0.15) is 0 Å². The fraction of sp³-hybridized carbons (Fsp3) is 0.346. The van der Waals surface area contributed by atoms with E-state index in [1.807, 2.05) is 32.2 Å². The SMILES string of the molecule is CCCS(=O)(=O)Nc1ccc(-c2cc(-c3ccc(N4CCNCC4)cc3)cnc2C)cc1OC. The van der Waals surface area contributed by atoms with E-state index in [4.69, 9.17) is 4.74 Å². The van der Waals surface area contributed by atoms with E-state index in [0.29, 0.717) is 17.9 Å². The summed E-state index contributed by atoms with van der Waals surface area (Å²) in [5.41, 5.74) is 6.58. The Kier molecular flexibility index (Phi) is 7.38. The van der Waals surface area contributed by atoms with Crippen LogP contribution in [0.5, 0.6) is 5.75 Å². The fourth-order valence-corrected chi connectivity index (χ4v) is 5.34. The standard InChI is InChI=1S/C26H32N4O3S/c1-4-15-34(31,32)29-25-10-7-21(17-26(25)33-3)24-16-22(18-28-19(24)2)20-5-8-23(9-6-20)30-13-11-27-12-14-30/h5-10,16-18,27,29H,4,11-15H2,1-3H3. The van der Waals surface area contributed by atoms with Crippen molar-refractivity contribution in [1.29, 1.82) is 0 Å². The van der Waals surface area contributed by atoms with Crippen LogP contribution in [0.4, 0.5) is 11.4 Å². The first-order valence-electron chi connectivity index (χ1n) is 11.6. The van der Waals surface area contributed by atoms with Crippen molar-refractivity contribution in [3.05, 3.63) is 60.4 Å². The highest BCUT2D eigenvalue weighted by atomic mass is 32.2. The average Bonchev–Trinajstić information content (AvgIpc) is 2.85. The Labute approximate surface area is 202 Å². The minimum atomic E-state index is -3.41. The molecule has 1 aliphatic heterocycles. The second-order valence-electron chi connectivity index (χ2n) is 8.48. The molecule has 8 heteroatoms. The van der Waals surface area contributed by atoms with Gasteiger partial charge in [0.15, 0.2) is 0 Å². The third kappa shape index (κ3) is 5.51. The molecule has 7 nitrogen and oxygen atoms in total. The number of hydrogen-bond donors (Lipinski definition) is 2. The van der Waals surface area contributed by atoms with Crippen LogP contribution in [0.15, 0.2) is 54.7 Å². The molecular formula is C26H32N4O3S. The van der Waals surface area contributed by atoms with Crippen LogP contribution in [0.1, 0.15) is 19.0 Å². The van der Waals surface area contributed by atoms with Gasteiger partial charge in [0.25, 0.3) is 0 Å². The molecule has 2 heterocycles. The van der Waals surface area contributed by atoms with Gasteiger partial charge in [-0.05, 0) is 54.8 Å². The molecule has 4 rings (SSSR count). The highest BCUT2D eigenvalue weighted by Crippen LogP contribution is 2.34. The molecule has 2 aromatic carbocycles.